The van der Waals surface area contributed by atoms with E-state index in [9.17, 15) is 35.9 Å². The number of nitrogens with zero attached hydrogens (tertiary/aromatic N) is 1. The number of ether oxygens (including phenoxy) is 2. The van der Waals surface area contributed by atoms with Crippen LogP contribution >= 0.6 is 0 Å². The molecule has 5 nitrogen and oxygen atoms in total. The summed E-state index contributed by atoms with van der Waals surface area (Å²) in [6.07, 6.45) is -13.7. The maximum Gasteiger partial charge on any atom is 0.465 e. The van der Waals surface area contributed by atoms with Gasteiger partial charge in [0.2, 0.25) is 6.08 Å². The number of halogens is 6. The van der Waals surface area contributed by atoms with Crippen molar-refractivity contribution in [2.75, 3.05) is 6.54 Å². The Labute approximate surface area is 101 Å². The molecule has 0 amide bonds. The maximum atomic E-state index is 12.4. The van der Waals surface area contributed by atoms with Crippen LogP contribution in [0, 0.1) is 0 Å². The molecule has 0 aromatic carbocycles. The Kier molecular flexibility index (Phi) is 3.92. The van der Waals surface area contributed by atoms with Crippen LogP contribution in [0.2, 0.25) is 0 Å². The van der Waals surface area contributed by atoms with Crippen LogP contribution in [0.1, 0.15) is 6.42 Å². The molecule has 1 fully saturated rings. The van der Waals surface area contributed by atoms with Crippen LogP contribution in [0.25, 0.3) is 0 Å². The molecule has 0 saturated carbocycles. The minimum atomic E-state index is -5.98. The Morgan fingerprint density at radius 1 is 1.21 bits per heavy atom. The fourth-order valence-electron chi connectivity index (χ4n) is 1.29. The SMILES string of the molecule is O=C=NCCC1OC(C(F)(F)F)(C(F)(F)F)OC1=O. The van der Waals surface area contributed by atoms with Crippen LogP contribution < -0.4 is 0 Å². The molecule has 1 saturated heterocycles. The molecular formula is C8H5F6NO4. The largest absolute Gasteiger partial charge is 0.465 e. The van der Waals surface area contributed by atoms with E-state index in [0.717, 1.165) is 6.08 Å². The lowest BCUT2D eigenvalue weighted by molar-refractivity contribution is -0.439. The number of cyclic esters (lactones) is 1. The van der Waals surface area contributed by atoms with Gasteiger partial charge in [-0.25, -0.2) is 14.6 Å². The number of esters is 1. The summed E-state index contributed by atoms with van der Waals surface area (Å²) in [7, 11) is 0. The highest BCUT2D eigenvalue weighted by Gasteiger charge is 2.80. The minimum absolute atomic E-state index is 0.519. The highest BCUT2D eigenvalue weighted by Crippen LogP contribution is 2.50. The van der Waals surface area contributed by atoms with E-state index in [1.54, 1.807) is 0 Å². The maximum absolute atomic E-state index is 12.4. The Bertz CT molecular complexity index is 396. The first kappa shape index (κ1) is 15.4. The number of hydrogen-bond acceptors (Lipinski definition) is 5. The van der Waals surface area contributed by atoms with Crippen molar-refractivity contribution in [2.45, 2.75) is 30.7 Å². The van der Waals surface area contributed by atoms with Gasteiger partial charge in [0, 0.05) is 6.42 Å². The molecule has 1 unspecified atom stereocenters. The molecule has 0 spiro atoms. The van der Waals surface area contributed by atoms with Crippen molar-refractivity contribution in [3.8, 4) is 0 Å². The summed E-state index contributed by atoms with van der Waals surface area (Å²) >= 11 is 0. The van der Waals surface area contributed by atoms with Gasteiger partial charge in [-0.05, 0) is 0 Å². The van der Waals surface area contributed by atoms with E-state index in [1.807, 2.05) is 0 Å². The summed E-state index contributed by atoms with van der Waals surface area (Å²) in [5.41, 5.74) is 0. The summed E-state index contributed by atoms with van der Waals surface area (Å²) in [6.45, 7) is -0.519. The van der Waals surface area contributed by atoms with Crippen molar-refractivity contribution in [3.05, 3.63) is 0 Å². The third-order valence-corrected chi connectivity index (χ3v) is 2.13. The summed E-state index contributed by atoms with van der Waals surface area (Å²) in [5.74, 6) is -6.80. The van der Waals surface area contributed by atoms with Crippen LogP contribution in [0.3, 0.4) is 0 Å². The molecule has 0 aliphatic carbocycles. The molecule has 1 atom stereocenters. The Morgan fingerprint density at radius 2 is 1.74 bits per heavy atom. The van der Waals surface area contributed by atoms with E-state index >= 15 is 0 Å². The molecule has 1 rings (SSSR count). The zero-order chi connectivity index (χ0) is 14.9. The van der Waals surface area contributed by atoms with E-state index in [4.69, 9.17) is 0 Å². The summed E-state index contributed by atoms with van der Waals surface area (Å²) in [4.78, 5) is 23.6. The quantitative estimate of drug-likeness (QED) is 0.342. The van der Waals surface area contributed by atoms with Crippen LogP contribution in [0.4, 0.5) is 26.3 Å². The van der Waals surface area contributed by atoms with E-state index in [-0.39, 0.29) is 0 Å². The van der Waals surface area contributed by atoms with Gasteiger partial charge in [0.1, 0.15) is 0 Å². The number of isocyanates is 1. The number of rotatable bonds is 3. The number of carbonyl (C=O) groups excluding carboxylic acids is 2. The first-order valence-corrected chi connectivity index (χ1v) is 4.63. The number of aliphatic imine (C=N–C) groups is 1. The normalized spacial score (nSPS) is 22.8. The van der Waals surface area contributed by atoms with E-state index in [2.05, 4.69) is 14.5 Å². The summed E-state index contributed by atoms with van der Waals surface area (Å²) < 4.78 is 81.7. The molecule has 0 N–H and O–H groups in total. The van der Waals surface area contributed by atoms with Gasteiger partial charge in [-0.1, -0.05) is 0 Å². The first-order chi connectivity index (χ1) is 8.55. The van der Waals surface area contributed by atoms with Crippen molar-refractivity contribution in [1.29, 1.82) is 0 Å². The van der Waals surface area contributed by atoms with E-state index in [0.29, 0.717) is 0 Å². The Hall–Kier alpha value is -1.61. The second kappa shape index (κ2) is 4.82. The predicted molar refractivity (Wildman–Crippen MR) is 43.4 cm³/mol. The van der Waals surface area contributed by atoms with E-state index < -0.39 is 43.2 Å². The molecule has 19 heavy (non-hydrogen) atoms. The van der Waals surface area contributed by atoms with Crippen molar-refractivity contribution < 1.29 is 45.4 Å². The predicted octanol–water partition coefficient (Wildman–Crippen LogP) is 1.48. The topological polar surface area (TPSA) is 65.0 Å². The lowest BCUT2D eigenvalue weighted by atomic mass is 10.2. The number of carbonyl (C=O) groups is 1. The van der Waals surface area contributed by atoms with Crippen LogP contribution in [0.5, 0.6) is 0 Å². The van der Waals surface area contributed by atoms with Crippen LogP contribution in [-0.2, 0) is 19.1 Å². The molecule has 11 heteroatoms. The van der Waals surface area contributed by atoms with Gasteiger partial charge in [-0.2, -0.15) is 26.3 Å². The molecule has 0 aromatic heterocycles. The molecule has 1 heterocycles. The zero-order valence-corrected chi connectivity index (χ0v) is 8.84. The summed E-state index contributed by atoms with van der Waals surface area (Å²) in [5, 5.41) is 0. The molecule has 0 bridgehead atoms. The zero-order valence-electron chi connectivity index (χ0n) is 8.84. The Balaban J connectivity index is 3.00. The molecule has 1 aliphatic heterocycles. The highest BCUT2D eigenvalue weighted by molar-refractivity contribution is 5.77. The molecule has 0 radical (unpaired) electrons. The van der Waals surface area contributed by atoms with Gasteiger partial charge in [0.15, 0.2) is 6.10 Å². The Morgan fingerprint density at radius 3 is 2.11 bits per heavy atom. The van der Waals surface area contributed by atoms with Crippen molar-refractivity contribution in [1.82, 2.24) is 0 Å². The van der Waals surface area contributed by atoms with Gasteiger partial charge < -0.3 is 9.47 Å². The average Bonchev–Trinajstić information content (AvgIpc) is 2.56. The number of hydrogen-bond donors (Lipinski definition) is 0. The van der Waals surface area contributed by atoms with Crippen molar-refractivity contribution in [3.63, 3.8) is 0 Å². The van der Waals surface area contributed by atoms with Gasteiger partial charge >= 0.3 is 24.1 Å². The fourth-order valence-corrected chi connectivity index (χ4v) is 1.29. The van der Waals surface area contributed by atoms with Crippen molar-refractivity contribution >= 4 is 12.0 Å². The van der Waals surface area contributed by atoms with Crippen LogP contribution in [-0.4, -0.2) is 42.8 Å². The highest BCUT2D eigenvalue weighted by atomic mass is 19.4. The second-order valence-corrected chi connectivity index (χ2v) is 3.40. The standard InChI is InChI=1S/C8H5F6NO4/c9-7(10,11)6(8(12,13)14)18-4(5(17)19-6)1-2-15-3-16/h4H,1-2H2. The first-order valence-electron chi connectivity index (χ1n) is 4.63. The minimum Gasteiger partial charge on any atom is -0.414 e. The van der Waals surface area contributed by atoms with Gasteiger partial charge in [-0.3, -0.25) is 0 Å². The summed E-state index contributed by atoms with van der Waals surface area (Å²) in [6, 6.07) is 0. The average molecular weight is 293 g/mol. The lowest BCUT2D eigenvalue weighted by Crippen LogP contribution is -2.58. The third-order valence-electron chi connectivity index (χ3n) is 2.13. The molecular weight excluding hydrogens is 288 g/mol. The van der Waals surface area contributed by atoms with Gasteiger partial charge in [0.05, 0.1) is 6.54 Å². The van der Waals surface area contributed by atoms with Crippen molar-refractivity contribution in [2.24, 2.45) is 4.99 Å². The van der Waals surface area contributed by atoms with Gasteiger partial charge in [0.25, 0.3) is 0 Å². The monoisotopic (exact) mass is 293 g/mol. The van der Waals surface area contributed by atoms with Gasteiger partial charge in [-0.15, -0.1) is 0 Å². The number of alkyl halides is 6. The lowest BCUT2D eigenvalue weighted by Gasteiger charge is -2.30. The van der Waals surface area contributed by atoms with Crippen LogP contribution in [0.15, 0.2) is 4.99 Å². The van der Waals surface area contributed by atoms with E-state index in [1.165, 1.54) is 0 Å². The fraction of sp³-hybridized carbons (Fsp3) is 0.750. The third kappa shape index (κ3) is 2.71. The molecule has 1 aliphatic rings. The molecule has 108 valence electrons. The smallest absolute Gasteiger partial charge is 0.414 e. The molecule has 0 aromatic rings. The second-order valence-electron chi connectivity index (χ2n) is 3.40.